The van der Waals surface area contributed by atoms with Crippen molar-refractivity contribution in [3.63, 3.8) is 0 Å². The van der Waals surface area contributed by atoms with E-state index in [-0.39, 0.29) is 35.0 Å². The van der Waals surface area contributed by atoms with Gasteiger partial charge in [0.05, 0.1) is 34.1 Å². The van der Waals surface area contributed by atoms with Crippen LogP contribution in [0.3, 0.4) is 0 Å². The van der Waals surface area contributed by atoms with Crippen molar-refractivity contribution in [3.05, 3.63) is 58.6 Å². The highest BCUT2D eigenvalue weighted by atomic mass is 35.5. The van der Waals surface area contributed by atoms with Crippen molar-refractivity contribution in [1.29, 1.82) is 5.26 Å². The molecule has 2 aliphatic heterocycles. The second kappa shape index (κ2) is 13.5. The van der Waals surface area contributed by atoms with E-state index in [1.807, 2.05) is 6.20 Å². The van der Waals surface area contributed by atoms with Crippen LogP contribution in [-0.4, -0.2) is 96.7 Å². The smallest absolute Gasteiger partial charge is 0.254 e. The summed E-state index contributed by atoms with van der Waals surface area (Å²) in [7, 11) is 0. The van der Waals surface area contributed by atoms with Gasteiger partial charge in [-0.1, -0.05) is 44.5 Å². The van der Waals surface area contributed by atoms with Gasteiger partial charge < -0.3 is 20.1 Å². The average Bonchev–Trinajstić information content (AvgIpc) is 3.52. The van der Waals surface area contributed by atoms with Gasteiger partial charge >= 0.3 is 0 Å². The van der Waals surface area contributed by atoms with Crippen molar-refractivity contribution >= 4 is 17.5 Å². The monoisotopic (exact) mass is 661 g/mol. The standard InChI is InChI=1S/C34H44ClN9O3/c1-33(2)30(34(3,4)31(33)47-27-6-5-23(16-36)28(35)15-27)39-29(46)24-17-37-32(38-18-24)44-21-25(40-41-44)20-43-11-7-22(8-12-43)19-42-13-9-26(45)10-14-42/h5-6,15,17-18,21-22,26,30-31,45H,7-14,19-20H2,1-4H3,(H,39,46). The third-order valence-corrected chi connectivity index (χ3v) is 10.6. The third kappa shape index (κ3) is 7.14. The molecule has 3 fully saturated rings. The lowest BCUT2D eigenvalue weighted by atomic mass is 9.49. The second-order valence-electron chi connectivity index (χ2n) is 14.5. The molecular weight excluding hydrogens is 618 g/mol. The zero-order valence-electron chi connectivity index (χ0n) is 27.6. The molecule has 0 bridgehead atoms. The van der Waals surface area contributed by atoms with Crippen molar-refractivity contribution < 1.29 is 14.6 Å². The number of nitrogens with zero attached hydrogens (tertiary/aromatic N) is 8. The van der Waals surface area contributed by atoms with Crippen LogP contribution in [0.2, 0.25) is 5.02 Å². The van der Waals surface area contributed by atoms with Crippen molar-refractivity contribution in [2.75, 3.05) is 32.7 Å². The number of nitriles is 1. The first-order valence-electron chi connectivity index (χ1n) is 16.5. The molecule has 2 N–H and O–H groups in total. The van der Waals surface area contributed by atoms with Gasteiger partial charge in [-0.3, -0.25) is 9.69 Å². The van der Waals surface area contributed by atoms with E-state index in [0.29, 0.717) is 33.8 Å². The number of halogens is 1. The van der Waals surface area contributed by atoms with Crippen molar-refractivity contribution in [2.45, 2.75) is 78.2 Å². The van der Waals surface area contributed by atoms with Gasteiger partial charge in [-0.2, -0.15) is 9.94 Å². The average molecular weight is 662 g/mol. The summed E-state index contributed by atoms with van der Waals surface area (Å²) >= 11 is 6.22. The fraction of sp³-hybridized carbons (Fsp3) is 0.588. The second-order valence-corrected chi connectivity index (χ2v) is 14.9. The zero-order valence-corrected chi connectivity index (χ0v) is 28.3. The number of nitrogens with one attached hydrogen (secondary N) is 1. The molecule has 12 nitrogen and oxygen atoms in total. The SMILES string of the molecule is CC1(C)C(NC(=O)c2cnc(-n3cc(CN4CCC(CN5CCC(O)CC5)CC4)nn3)nc2)C(C)(C)C1Oc1ccc(C#N)c(Cl)c1. The van der Waals surface area contributed by atoms with Crippen LogP contribution < -0.4 is 10.1 Å². The minimum Gasteiger partial charge on any atom is -0.489 e. The molecule has 0 radical (unpaired) electrons. The molecule has 1 amide bonds. The molecule has 6 rings (SSSR count). The Morgan fingerprint density at radius 1 is 1.06 bits per heavy atom. The Kier molecular flexibility index (Phi) is 9.54. The van der Waals surface area contributed by atoms with Gasteiger partial charge in [0.15, 0.2) is 0 Å². The normalized spacial score (nSPS) is 23.5. The van der Waals surface area contributed by atoms with Gasteiger partial charge in [0.2, 0.25) is 0 Å². The van der Waals surface area contributed by atoms with E-state index in [9.17, 15) is 9.90 Å². The number of ether oxygens (including phenoxy) is 1. The maximum Gasteiger partial charge on any atom is 0.254 e. The summed E-state index contributed by atoms with van der Waals surface area (Å²) in [5.74, 6) is 1.37. The molecular formula is C34H44ClN9O3. The van der Waals surface area contributed by atoms with Crippen LogP contribution in [0.1, 0.15) is 75.0 Å². The number of carbonyl (C=O) groups excluding carboxylic acids is 1. The Morgan fingerprint density at radius 3 is 2.36 bits per heavy atom. The fourth-order valence-electron chi connectivity index (χ4n) is 7.86. The van der Waals surface area contributed by atoms with Crippen molar-refractivity contribution in [3.8, 4) is 17.8 Å². The van der Waals surface area contributed by atoms with Gasteiger partial charge in [0.25, 0.3) is 11.9 Å². The molecule has 4 heterocycles. The summed E-state index contributed by atoms with van der Waals surface area (Å²) in [4.78, 5) is 27.0. The highest BCUT2D eigenvalue weighted by molar-refractivity contribution is 6.31. The van der Waals surface area contributed by atoms with E-state index in [1.165, 1.54) is 12.4 Å². The number of aliphatic hydroxyl groups is 1. The summed E-state index contributed by atoms with van der Waals surface area (Å²) in [5.41, 5.74) is 0.836. The van der Waals surface area contributed by atoms with Crippen LogP contribution in [0.5, 0.6) is 5.75 Å². The number of benzene rings is 1. The number of piperidine rings is 2. The molecule has 1 saturated carbocycles. The number of carbonyl (C=O) groups is 1. The van der Waals surface area contributed by atoms with Crippen LogP contribution in [-0.2, 0) is 6.54 Å². The highest BCUT2D eigenvalue weighted by Gasteiger charge is 2.64. The number of hydrogen-bond donors (Lipinski definition) is 2. The lowest BCUT2D eigenvalue weighted by Crippen LogP contribution is -2.74. The van der Waals surface area contributed by atoms with E-state index < -0.39 is 0 Å². The maximum absolute atomic E-state index is 13.3. The summed E-state index contributed by atoms with van der Waals surface area (Å²) in [5, 5.41) is 31.0. The minimum absolute atomic E-state index is 0.124. The molecule has 250 valence electrons. The molecule has 1 aromatic carbocycles. The van der Waals surface area contributed by atoms with Crippen LogP contribution in [0.4, 0.5) is 0 Å². The Labute approximate surface area is 281 Å². The van der Waals surface area contributed by atoms with Crippen LogP contribution in [0.15, 0.2) is 36.8 Å². The largest absolute Gasteiger partial charge is 0.489 e. The maximum atomic E-state index is 13.3. The van der Waals surface area contributed by atoms with Crippen LogP contribution in [0.25, 0.3) is 5.95 Å². The molecule has 13 heteroatoms. The van der Waals surface area contributed by atoms with Gasteiger partial charge in [0, 0.05) is 61.5 Å². The summed E-state index contributed by atoms with van der Waals surface area (Å²) in [6.07, 6.45) is 8.65. The van der Waals surface area contributed by atoms with Crippen molar-refractivity contribution in [2.24, 2.45) is 16.7 Å². The van der Waals surface area contributed by atoms with Crippen LogP contribution >= 0.6 is 11.6 Å². The van der Waals surface area contributed by atoms with Crippen molar-refractivity contribution in [1.82, 2.24) is 40.1 Å². The zero-order chi connectivity index (χ0) is 33.3. The number of rotatable bonds is 9. The van der Waals surface area contributed by atoms with E-state index in [2.05, 4.69) is 69.2 Å². The first kappa shape index (κ1) is 33.3. The summed E-state index contributed by atoms with van der Waals surface area (Å²) in [6.45, 7) is 14.2. The molecule has 0 spiro atoms. The molecule has 0 unspecified atom stereocenters. The first-order valence-corrected chi connectivity index (χ1v) is 16.9. The topological polar surface area (TPSA) is 145 Å². The Balaban J connectivity index is 0.998. The lowest BCUT2D eigenvalue weighted by Gasteiger charge is -2.63. The number of aliphatic hydroxyl groups excluding tert-OH is 1. The molecule has 2 aromatic heterocycles. The Bertz CT molecular complexity index is 1590. The predicted octanol–water partition coefficient (Wildman–Crippen LogP) is 3.86. The van der Waals surface area contributed by atoms with E-state index >= 15 is 0 Å². The molecule has 3 aliphatic rings. The van der Waals surface area contributed by atoms with Gasteiger partial charge in [-0.05, 0) is 56.8 Å². The summed E-state index contributed by atoms with van der Waals surface area (Å²) in [6, 6.07) is 6.93. The minimum atomic E-state index is -0.384. The molecule has 47 heavy (non-hydrogen) atoms. The first-order chi connectivity index (χ1) is 22.4. The number of likely N-dealkylation sites (tertiary alicyclic amines) is 2. The van der Waals surface area contributed by atoms with E-state index in [4.69, 9.17) is 21.6 Å². The van der Waals surface area contributed by atoms with Crippen LogP contribution in [0, 0.1) is 28.1 Å². The highest BCUT2D eigenvalue weighted by Crippen LogP contribution is 2.55. The molecule has 3 aromatic rings. The molecule has 2 saturated heterocycles. The lowest BCUT2D eigenvalue weighted by molar-refractivity contribution is -0.164. The Hall–Kier alpha value is -3.63. The Morgan fingerprint density at radius 2 is 1.72 bits per heavy atom. The number of amides is 1. The van der Waals surface area contributed by atoms with Gasteiger partial charge in [0.1, 0.15) is 17.9 Å². The van der Waals surface area contributed by atoms with E-state index in [1.54, 1.807) is 22.9 Å². The predicted molar refractivity (Wildman–Crippen MR) is 176 cm³/mol. The number of aromatic nitrogens is 5. The van der Waals surface area contributed by atoms with Gasteiger partial charge in [-0.25, -0.2) is 9.97 Å². The molecule has 0 atom stereocenters. The number of hydrogen-bond acceptors (Lipinski definition) is 10. The third-order valence-electron chi connectivity index (χ3n) is 10.2. The summed E-state index contributed by atoms with van der Waals surface area (Å²) < 4.78 is 7.88. The molecule has 1 aliphatic carbocycles. The quantitative estimate of drug-likeness (QED) is 0.347. The fourth-order valence-corrected chi connectivity index (χ4v) is 8.07. The van der Waals surface area contributed by atoms with Gasteiger partial charge in [-0.15, -0.1) is 5.10 Å². The van der Waals surface area contributed by atoms with E-state index in [0.717, 1.165) is 70.6 Å².